The Morgan fingerprint density at radius 1 is 1.19 bits per heavy atom. The van der Waals surface area contributed by atoms with Crippen molar-refractivity contribution in [3.05, 3.63) is 59.7 Å². The minimum Gasteiger partial charge on any atom is -0.507 e. The van der Waals surface area contributed by atoms with Gasteiger partial charge in [0.1, 0.15) is 17.5 Å². The number of nitrogens with zero attached hydrogens (tertiary/aromatic N) is 1. The van der Waals surface area contributed by atoms with Gasteiger partial charge in [-0.15, -0.1) is 0 Å². The van der Waals surface area contributed by atoms with Crippen molar-refractivity contribution in [3.63, 3.8) is 0 Å². The topological polar surface area (TPSA) is 122 Å². The van der Waals surface area contributed by atoms with Crippen LogP contribution in [0, 0.1) is 0 Å². The fraction of sp³-hybridized carbons (Fsp3) is 0.211. The molecule has 0 aliphatic heterocycles. The highest BCUT2D eigenvalue weighted by molar-refractivity contribution is 6.15. The molecule has 0 aliphatic carbocycles. The number of hydrogen-bond donors (Lipinski definition) is 3. The van der Waals surface area contributed by atoms with E-state index in [9.17, 15) is 19.8 Å². The van der Waals surface area contributed by atoms with Crippen LogP contribution < -0.4 is 10.5 Å². The van der Waals surface area contributed by atoms with Crippen LogP contribution in [0.3, 0.4) is 0 Å². The van der Waals surface area contributed by atoms with Crippen molar-refractivity contribution in [1.29, 1.82) is 0 Å². The predicted octanol–water partition coefficient (Wildman–Crippen LogP) is 1.96. The molecule has 0 saturated heterocycles. The van der Waals surface area contributed by atoms with Crippen molar-refractivity contribution < 1.29 is 24.5 Å². The average Bonchev–Trinajstić information content (AvgIpc) is 2.62. The minimum atomic E-state index is -1.17. The first-order chi connectivity index (χ1) is 12.4. The lowest BCUT2D eigenvalue weighted by Crippen LogP contribution is -2.23. The van der Waals surface area contributed by atoms with E-state index in [2.05, 4.69) is 4.99 Å². The van der Waals surface area contributed by atoms with Crippen molar-refractivity contribution in [3.8, 4) is 11.5 Å². The summed E-state index contributed by atoms with van der Waals surface area (Å²) >= 11 is 0. The van der Waals surface area contributed by atoms with Crippen molar-refractivity contribution in [2.45, 2.75) is 18.9 Å². The van der Waals surface area contributed by atoms with Gasteiger partial charge in [-0.1, -0.05) is 30.3 Å². The fourth-order valence-corrected chi connectivity index (χ4v) is 2.41. The normalized spacial score (nSPS) is 12.4. The monoisotopic (exact) mass is 356 g/mol. The lowest BCUT2D eigenvalue weighted by molar-refractivity contribution is -0.138. The van der Waals surface area contributed by atoms with E-state index in [0.717, 1.165) is 0 Å². The Kier molecular flexibility index (Phi) is 6.32. The van der Waals surface area contributed by atoms with E-state index in [0.29, 0.717) is 22.6 Å². The van der Waals surface area contributed by atoms with Crippen LogP contribution in [-0.4, -0.2) is 41.0 Å². The maximum Gasteiger partial charge on any atom is 0.328 e. The van der Waals surface area contributed by atoms with Gasteiger partial charge >= 0.3 is 5.97 Å². The SMILES string of the molecule is COc1ccc(/C(=N/C(CCC(N)=O)C(=O)O)c2ccccc2)c(O)c1. The average molecular weight is 356 g/mol. The maximum absolute atomic E-state index is 11.6. The Labute approximate surface area is 150 Å². The molecule has 0 radical (unpaired) electrons. The van der Waals surface area contributed by atoms with Gasteiger partial charge in [-0.2, -0.15) is 0 Å². The molecule has 0 fully saturated rings. The second kappa shape index (κ2) is 8.66. The van der Waals surface area contributed by atoms with Gasteiger partial charge in [0.15, 0.2) is 0 Å². The summed E-state index contributed by atoms with van der Waals surface area (Å²) in [5.74, 6) is -1.40. The lowest BCUT2D eigenvalue weighted by atomic mass is 10.00. The molecule has 4 N–H and O–H groups in total. The molecule has 0 spiro atoms. The Morgan fingerprint density at radius 3 is 2.42 bits per heavy atom. The number of aromatic hydroxyl groups is 1. The smallest absolute Gasteiger partial charge is 0.328 e. The number of ether oxygens (including phenoxy) is 1. The number of rotatable bonds is 8. The zero-order chi connectivity index (χ0) is 19.1. The van der Waals surface area contributed by atoms with Crippen LogP contribution in [0.2, 0.25) is 0 Å². The molecular weight excluding hydrogens is 336 g/mol. The van der Waals surface area contributed by atoms with Gasteiger partial charge in [-0.3, -0.25) is 9.79 Å². The highest BCUT2D eigenvalue weighted by Gasteiger charge is 2.21. The van der Waals surface area contributed by atoms with Crippen LogP contribution in [0.25, 0.3) is 0 Å². The number of carboxylic acids is 1. The van der Waals surface area contributed by atoms with E-state index in [4.69, 9.17) is 10.5 Å². The van der Waals surface area contributed by atoms with Crippen LogP contribution in [0.15, 0.2) is 53.5 Å². The number of amides is 1. The number of carbonyl (C=O) groups excluding carboxylic acids is 1. The molecule has 1 atom stereocenters. The number of aliphatic imine (C=N–C) groups is 1. The summed E-state index contributed by atoms with van der Waals surface area (Å²) in [5, 5.41) is 19.8. The third-order valence-corrected chi connectivity index (χ3v) is 3.74. The molecule has 0 aliphatic rings. The molecule has 0 saturated carbocycles. The standard InChI is InChI=1S/C19H20N2O5/c1-26-13-7-8-14(16(22)11-13)18(12-5-3-2-4-6-12)21-15(19(24)25)9-10-17(20)23/h2-8,11,15,22H,9-10H2,1H3,(H2,20,23)(H,24,25)/b21-18+. The van der Waals surface area contributed by atoms with Gasteiger partial charge in [-0.25, -0.2) is 4.79 Å². The van der Waals surface area contributed by atoms with Crippen LogP contribution in [-0.2, 0) is 9.59 Å². The van der Waals surface area contributed by atoms with E-state index in [1.165, 1.54) is 13.2 Å². The number of carbonyl (C=O) groups is 2. The summed E-state index contributed by atoms with van der Waals surface area (Å²) in [4.78, 5) is 26.9. The third kappa shape index (κ3) is 4.83. The summed E-state index contributed by atoms with van der Waals surface area (Å²) < 4.78 is 5.07. The number of carboxylic acid groups (broad SMARTS) is 1. The van der Waals surface area contributed by atoms with E-state index in [-0.39, 0.29) is 18.6 Å². The van der Waals surface area contributed by atoms with Crippen molar-refractivity contribution >= 4 is 17.6 Å². The third-order valence-electron chi connectivity index (χ3n) is 3.74. The number of methoxy groups -OCH3 is 1. The molecule has 26 heavy (non-hydrogen) atoms. The highest BCUT2D eigenvalue weighted by atomic mass is 16.5. The quantitative estimate of drug-likeness (QED) is 0.624. The van der Waals surface area contributed by atoms with Crippen molar-refractivity contribution in [2.24, 2.45) is 10.7 Å². The van der Waals surface area contributed by atoms with Crippen LogP contribution in [0.5, 0.6) is 11.5 Å². The molecule has 0 bridgehead atoms. The van der Waals surface area contributed by atoms with Crippen LogP contribution in [0.4, 0.5) is 0 Å². The molecule has 7 nitrogen and oxygen atoms in total. The van der Waals surface area contributed by atoms with Crippen LogP contribution in [0.1, 0.15) is 24.0 Å². The number of phenolic OH excluding ortho intramolecular Hbond substituents is 1. The Balaban J connectivity index is 2.53. The van der Waals surface area contributed by atoms with Gasteiger partial charge < -0.3 is 20.7 Å². The van der Waals surface area contributed by atoms with Gasteiger partial charge in [0, 0.05) is 23.6 Å². The largest absolute Gasteiger partial charge is 0.507 e. The second-order valence-electron chi connectivity index (χ2n) is 5.59. The molecular formula is C19H20N2O5. The first kappa shape index (κ1) is 19.0. The number of phenols is 1. The maximum atomic E-state index is 11.6. The molecule has 1 unspecified atom stereocenters. The summed E-state index contributed by atoms with van der Waals surface area (Å²) in [7, 11) is 1.48. The predicted molar refractivity (Wildman–Crippen MR) is 96.6 cm³/mol. The van der Waals surface area contributed by atoms with Crippen LogP contribution >= 0.6 is 0 Å². The second-order valence-corrected chi connectivity index (χ2v) is 5.59. The van der Waals surface area contributed by atoms with Gasteiger partial charge in [0.05, 0.1) is 12.8 Å². The Morgan fingerprint density at radius 2 is 1.88 bits per heavy atom. The summed E-state index contributed by atoms with van der Waals surface area (Å²) in [6, 6.07) is 12.4. The number of primary amides is 1. The van der Waals surface area contributed by atoms with E-state index in [1.54, 1.807) is 36.4 Å². The number of aliphatic carboxylic acids is 1. The first-order valence-corrected chi connectivity index (χ1v) is 7.94. The number of nitrogens with two attached hydrogens (primary N) is 1. The molecule has 0 heterocycles. The molecule has 136 valence electrons. The number of hydrogen-bond acceptors (Lipinski definition) is 5. The summed E-state index contributed by atoms with van der Waals surface area (Å²) in [6.45, 7) is 0. The van der Waals surface area contributed by atoms with E-state index < -0.39 is 17.9 Å². The highest BCUT2D eigenvalue weighted by Crippen LogP contribution is 2.27. The van der Waals surface area contributed by atoms with Gasteiger partial charge in [0.2, 0.25) is 5.91 Å². The minimum absolute atomic E-state index is 0.0298. The van der Waals surface area contributed by atoms with Crippen molar-refractivity contribution in [2.75, 3.05) is 7.11 Å². The zero-order valence-corrected chi connectivity index (χ0v) is 14.3. The zero-order valence-electron chi connectivity index (χ0n) is 14.3. The first-order valence-electron chi connectivity index (χ1n) is 7.94. The lowest BCUT2D eigenvalue weighted by Gasteiger charge is -2.14. The van der Waals surface area contributed by atoms with Gasteiger partial charge in [0.25, 0.3) is 0 Å². The summed E-state index contributed by atoms with van der Waals surface area (Å²) in [6.07, 6.45) is -0.130. The molecule has 1 amide bonds. The van der Waals surface area contributed by atoms with E-state index >= 15 is 0 Å². The molecule has 0 aromatic heterocycles. The van der Waals surface area contributed by atoms with Crippen molar-refractivity contribution in [1.82, 2.24) is 0 Å². The summed E-state index contributed by atoms with van der Waals surface area (Å²) in [5.41, 5.74) is 6.42. The Bertz CT molecular complexity index is 818. The molecule has 2 rings (SSSR count). The molecule has 7 heteroatoms. The molecule has 2 aromatic carbocycles. The van der Waals surface area contributed by atoms with Gasteiger partial charge in [-0.05, 0) is 18.6 Å². The van der Waals surface area contributed by atoms with E-state index in [1.807, 2.05) is 6.07 Å². The molecule has 2 aromatic rings. The number of benzene rings is 2. The fourth-order valence-electron chi connectivity index (χ4n) is 2.41. The Hall–Kier alpha value is -3.35.